The van der Waals surface area contributed by atoms with Gasteiger partial charge in [-0.15, -0.1) is 13.2 Å². The fourth-order valence-corrected chi connectivity index (χ4v) is 0.385. The van der Waals surface area contributed by atoms with E-state index in [-0.39, 0.29) is 0 Å². The molecule has 62 valence electrons. The normalized spacial score (nSPS) is 11.5. The van der Waals surface area contributed by atoms with E-state index in [1.807, 2.05) is 0 Å². The van der Waals surface area contributed by atoms with Crippen molar-refractivity contribution in [3.63, 3.8) is 0 Å². The van der Waals surface area contributed by atoms with Gasteiger partial charge in [0.2, 0.25) is 0 Å². The van der Waals surface area contributed by atoms with Gasteiger partial charge in [-0.3, -0.25) is 0 Å². The molecule has 0 atom stereocenters. The molecular formula is C4HF3O4. The molecule has 1 rings (SSSR count). The van der Waals surface area contributed by atoms with Crippen molar-refractivity contribution < 1.29 is 26.7 Å². The van der Waals surface area contributed by atoms with Gasteiger partial charge in [0.15, 0.2) is 6.26 Å². The van der Waals surface area contributed by atoms with Crippen molar-refractivity contribution in [3.05, 3.63) is 16.9 Å². The Morgan fingerprint density at radius 2 is 2.09 bits per heavy atom. The molecule has 0 aliphatic carbocycles. The van der Waals surface area contributed by atoms with Crippen LogP contribution in [-0.2, 0) is 0 Å². The van der Waals surface area contributed by atoms with Gasteiger partial charge in [0, 0.05) is 0 Å². The van der Waals surface area contributed by atoms with Gasteiger partial charge in [-0.05, 0) is 0 Å². The molecule has 4 nitrogen and oxygen atoms in total. The van der Waals surface area contributed by atoms with Crippen LogP contribution in [0, 0.1) is 0 Å². The minimum absolute atomic E-state index is 0.426. The fraction of sp³-hybridized carbons (Fsp3) is 0.250. The number of hydrogen-bond donors (Lipinski definition) is 0. The summed E-state index contributed by atoms with van der Waals surface area (Å²) in [6.45, 7) is 0. The van der Waals surface area contributed by atoms with Gasteiger partial charge in [0.25, 0.3) is 0 Å². The summed E-state index contributed by atoms with van der Waals surface area (Å²) in [4.78, 5) is 10.00. The lowest BCUT2D eigenvalue weighted by molar-refractivity contribution is -0.280. The van der Waals surface area contributed by atoms with Gasteiger partial charge < -0.3 is 13.6 Å². The zero-order valence-corrected chi connectivity index (χ0v) is 4.84. The molecule has 0 spiro atoms. The molecule has 0 unspecified atom stereocenters. The van der Waals surface area contributed by atoms with Crippen LogP contribution < -0.4 is 10.6 Å². The van der Waals surface area contributed by atoms with Crippen molar-refractivity contribution >= 4 is 0 Å². The van der Waals surface area contributed by atoms with Crippen molar-refractivity contribution in [2.45, 2.75) is 6.36 Å². The van der Waals surface area contributed by atoms with Gasteiger partial charge in [0.05, 0.1) is 0 Å². The zero-order chi connectivity index (χ0) is 8.48. The second-order valence-electron chi connectivity index (χ2n) is 1.45. The second kappa shape index (κ2) is 2.33. The number of hydrogen-bond acceptors (Lipinski definition) is 4. The molecule has 1 aromatic rings. The SMILES string of the molecule is O=c1occ(OC(F)(F)F)o1. The Bertz CT molecular complexity index is 282. The summed E-state index contributed by atoms with van der Waals surface area (Å²) in [6.07, 6.45) is -4.45. The number of alkyl halides is 3. The van der Waals surface area contributed by atoms with Gasteiger partial charge in [-0.1, -0.05) is 0 Å². The van der Waals surface area contributed by atoms with Crippen LogP contribution in [0.4, 0.5) is 13.2 Å². The molecule has 11 heavy (non-hydrogen) atoms. The van der Waals surface area contributed by atoms with Crippen LogP contribution in [0.2, 0.25) is 0 Å². The first kappa shape index (κ1) is 7.70. The first-order chi connectivity index (χ1) is 4.97. The number of ether oxygens (including phenoxy) is 1. The highest BCUT2D eigenvalue weighted by atomic mass is 19.4. The molecule has 0 bridgehead atoms. The Labute approximate surface area is 57.2 Å². The summed E-state index contributed by atoms with van der Waals surface area (Å²) in [7, 11) is 0. The van der Waals surface area contributed by atoms with E-state index in [1.165, 1.54) is 0 Å². The Hall–Kier alpha value is -1.40. The van der Waals surface area contributed by atoms with Crippen LogP contribution >= 0.6 is 0 Å². The monoisotopic (exact) mass is 170 g/mol. The summed E-state index contributed by atoms with van der Waals surface area (Å²) in [5, 5.41) is 0. The maximum Gasteiger partial charge on any atom is 0.575 e. The van der Waals surface area contributed by atoms with E-state index in [0.29, 0.717) is 6.26 Å². The summed E-state index contributed by atoms with van der Waals surface area (Å²) >= 11 is 0. The van der Waals surface area contributed by atoms with Crippen molar-refractivity contribution in [1.29, 1.82) is 0 Å². The van der Waals surface area contributed by atoms with E-state index >= 15 is 0 Å². The molecule has 0 aromatic carbocycles. The molecule has 0 amide bonds. The van der Waals surface area contributed by atoms with E-state index in [2.05, 4.69) is 13.6 Å². The lowest BCUT2D eigenvalue weighted by Crippen LogP contribution is -2.16. The van der Waals surface area contributed by atoms with Crippen LogP contribution in [0.3, 0.4) is 0 Å². The predicted molar refractivity (Wildman–Crippen MR) is 23.9 cm³/mol. The van der Waals surface area contributed by atoms with E-state index < -0.39 is 18.1 Å². The van der Waals surface area contributed by atoms with Gasteiger partial charge in [-0.25, -0.2) is 4.79 Å². The molecule has 0 saturated heterocycles. The van der Waals surface area contributed by atoms with Crippen molar-refractivity contribution in [3.8, 4) is 5.95 Å². The lowest BCUT2D eigenvalue weighted by Gasteiger charge is -2.02. The zero-order valence-electron chi connectivity index (χ0n) is 4.84. The minimum Gasteiger partial charge on any atom is -0.395 e. The molecule has 0 radical (unpaired) electrons. The van der Waals surface area contributed by atoms with E-state index in [4.69, 9.17) is 0 Å². The Morgan fingerprint density at radius 3 is 2.45 bits per heavy atom. The smallest absolute Gasteiger partial charge is 0.395 e. The van der Waals surface area contributed by atoms with Crippen molar-refractivity contribution in [2.24, 2.45) is 0 Å². The third-order valence-electron chi connectivity index (χ3n) is 0.652. The standard InChI is InChI=1S/C4HF3O4/c5-4(6,7)11-2-1-9-3(8)10-2/h1H. The maximum absolute atomic E-state index is 11.3. The molecule has 1 aromatic heterocycles. The van der Waals surface area contributed by atoms with Crippen LogP contribution in [0.1, 0.15) is 0 Å². The summed E-state index contributed by atoms with van der Waals surface area (Å²) in [5.41, 5.74) is 0. The average molecular weight is 170 g/mol. The highest BCUT2D eigenvalue weighted by Gasteiger charge is 2.33. The fourth-order valence-electron chi connectivity index (χ4n) is 0.385. The third kappa shape index (κ3) is 2.36. The second-order valence-corrected chi connectivity index (χ2v) is 1.45. The molecule has 0 aliphatic rings. The molecule has 0 N–H and O–H groups in total. The molecule has 0 aliphatic heterocycles. The van der Waals surface area contributed by atoms with E-state index in [0.717, 1.165) is 0 Å². The first-order valence-electron chi connectivity index (χ1n) is 2.32. The van der Waals surface area contributed by atoms with Crippen molar-refractivity contribution in [2.75, 3.05) is 0 Å². The first-order valence-corrected chi connectivity index (χ1v) is 2.32. The third-order valence-corrected chi connectivity index (χ3v) is 0.652. The van der Waals surface area contributed by atoms with Crippen LogP contribution in [0.15, 0.2) is 19.9 Å². The predicted octanol–water partition coefficient (Wildman–Crippen LogP) is 1.13. The summed E-state index contributed by atoms with van der Waals surface area (Å²) in [5.74, 6) is -2.26. The number of halogens is 3. The quantitative estimate of drug-likeness (QED) is 0.633. The molecule has 0 saturated carbocycles. The largest absolute Gasteiger partial charge is 0.575 e. The maximum atomic E-state index is 11.3. The summed E-state index contributed by atoms with van der Waals surface area (Å²) in [6, 6.07) is 0. The van der Waals surface area contributed by atoms with Crippen molar-refractivity contribution in [1.82, 2.24) is 0 Å². The molecule has 0 fully saturated rings. The Balaban J connectivity index is 2.73. The minimum atomic E-state index is -4.88. The Kier molecular flexibility index (Phi) is 1.63. The van der Waals surface area contributed by atoms with Crippen LogP contribution in [0.5, 0.6) is 5.95 Å². The molecular weight excluding hydrogens is 169 g/mol. The Morgan fingerprint density at radius 1 is 1.45 bits per heavy atom. The molecule has 7 heteroatoms. The molecule has 1 heterocycles. The lowest BCUT2D eigenvalue weighted by atomic mass is 10.9. The average Bonchev–Trinajstić information content (AvgIpc) is 2.10. The van der Waals surface area contributed by atoms with E-state index in [1.54, 1.807) is 0 Å². The highest BCUT2D eigenvalue weighted by Crippen LogP contribution is 2.20. The van der Waals surface area contributed by atoms with Gasteiger partial charge in [-0.2, -0.15) is 0 Å². The van der Waals surface area contributed by atoms with Gasteiger partial charge in [0.1, 0.15) is 0 Å². The van der Waals surface area contributed by atoms with Gasteiger partial charge >= 0.3 is 18.1 Å². The van der Waals surface area contributed by atoms with Crippen LogP contribution in [-0.4, -0.2) is 6.36 Å². The topological polar surface area (TPSA) is 52.6 Å². The number of rotatable bonds is 1. The van der Waals surface area contributed by atoms with Crippen LogP contribution in [0.25, 0.3) is 0 Å². The van der Waals surface area contributed by atoms with E-state index in [9.17, 15) is 18.0 Å². The highest BCUT2D eigenvalue weighted by molar-refractivity contribution is 4.91. The summed E-state index contributed by atoms with van der Waals surface area (Å²) < 4.78 is 44.8.